The molecule has 1 rings (SSSR count). The van der Waals surface area contributed by atoms with Crippen molar-refractivity contribution < 1.29 is 32.2 Å². The van der Waals surface area contributed by atoms with E-state index in [4.69, 9.17) is 5.11 Å². The molecular weight excluding hydrogens is 373 g/mol. The molecule has 0 bridgehead atoms. The minimum atomic E-state index is -4.94. The maximum absolute atomic E-state index is 12.7. The average Bonchev–Trinajstić information content (AvgIpc) is 2.13. The number of aliphatic carboxylic acids is 1. The maximum Gasteiger partial charge on any atom is 0.574 e. The van der Waals surface area contributed by atoms with Crippen LogP contribution in [0.5, 0.6) is 5.88 Å². The molecule has 0 spiro atoms. The molecule has 0 aliphatic heterocycles. The van der Waals surface area contributed by atoms with Crippen molar-refractivity contribution in [3.63, 3.8) is 0 Å². The lowest BCUT2D eigenvalue weighted by Gasteiger charge is -2.12. The first-order chi connectivity index (χ1) is 8.23. The van der Waals surface area contributed by atoms with E-state index in [-0.39, 0.29) is 14.8 Å². The Bertz CT molecular complexity index is 464. The van der Waals surface area contributed by atoms with Gasteiger partial charge in [-0.3, -0.25) is 4.79 Å². The summed E-state index contributed by atoms with van der Waals surface area (Å²) in [4.78, 5) is 13.9. The van der Waals surface area contributed by atoms with Crippen molar-refractivity contribution in [1.29, 1.82) is 0 Å². The highest BCUT2D eigenvalue weighted by atomic mass is 127. The average molecular weight is 379 g/mol. The van der Waals surface area contributed by atoms with Crippen LogP contribution in [0.25, 0.3) is 0 Å². The van der Waals surface area contributed by atoms with Crippen LogP contribution >= 0.6 is 22.6 Å². The first-order valence-corrected chi connectivity index (χ1v) is 5.52. The van der Waals surface area contributed by atoms with Crippen LogP contribution in [0.3, 0.4) is 0 Å². The van der Waals surface area contributed by atoms with E-state index in [0.717, 1.165) is 6.07 Å². The minimum absolute atomic E-state index is 0.0486. The zero-order valence-electron chi connectivity index (χ0n) is 8.59. The van der Waals surface area contributed by atoms with Crippen molar-refractivity contribution in [2.45, 2.75) is 19.5 Å². The van der Waals surface area contributed by atoms with Gasteiger partial charge < -0.3 is 9.84 Å². The molecule has 0 unspecified atom stereocenters. The SMILES string of the molecule is O=C(O)Cc1cc(OC(F)(F)F)nc(I)c1CF. The van der Waals surface area contributed by atoms with E-state index in [0.29, 0.717) is 0 Å². The number of halogens is 5. The summed E-state index contributed by atoms with van der Waals surface area (Å²) in [5.74, 6) is -2.09. The molecule has 1 aromatic rings. The fourth-order valence-electron chi connectivity index (χ4n) is 1.20. The van der Waals surface area contributed by atoms with E-state index < -0.39 is 31.3 Å². The van der Waals surface area contributed by atoms with Crippen LogP contribution in [0.2, 0.25) is 0 Å². The van der Waals surface area contributed by atoms with E-state index >= 15 is 0 Å². The maximum atomic E-state index is 12.7. The molecule has 0 fully saturated rings. The number of alkyl halides is 4. The number of aromatic nitrogens is 1. The van der Waals surface area contributed by atoms with E-state index in [1.54, 1.807) is 0 Å². The first-order valence-electron chi connectivity index (χ1n) is 4.44. The summed E-state index contributed by atoms with van der Waals surface area (Å²) in [5.41, 5.74) is -0.142. The van der Waals surface area contributed by atoms with Gasteiger partial charge in [-0.05, 0) is 28.2 Å². The fourth-order valence-corrected chi connectivity index (χ4v) is 1.93. The van der Waals surface area contributed by atoms with Gasteiger partial charge in [0.25, 0.3) is 0 Å². The summed E-state index contributed by atoms with van der Waals surface area (Å²) < 4.78 is 52.2. The molecule has 9 heteroatoms. The summed E-state index contributed by atoms with van der Waals surface area (Å²) in [6.45, 7) is -1.01. The Hall–Kier alpha value is -1.13. The molecule has 1 heterocycles. The molecule has 0 saturated carbocycles. The van der Waals surface area contributed by atoms with Gasteiger partial charge in [-0.25, -0.2) is 9.37 Å². The van der Waals surface area contributed by atoms with Gasteiger partial charge in [0, 0.05) is 11.6 Å². The van der Waals surface area contributed by atoms with Gasteiger partial charge >= 0.3 is 12.3 Å². The quantitative estimate of drug-likeness (QED) is 0.497. The van der Waals surface area contributed by atoms with Gasteiger partial charge in [-0.1, -0.05) is 0 Å². The Morgan fingerprint density at radius 3 is 2.56 bits per heavy atom. The summed E-state index contributed by atoms with van der Waals surface area (Å²) in [6, 6.07) is 0.776. The third kappa shape index (κ3) is 4.27. The van der Waals surface area contributed by atoms with Gasteiger partial charge in [-0.15, -0.1) is 13.2 Å². The predicted octanol–water partition coefficient (Wildman–Crippen LogP) is 2.68. The molecule has 4 nitrogen and oxygen atoms in total. The van der Waals surface area contributed by atoms with Crippen molar-refractivity contribution in [2.75, 3.05) is 0 Å². The fraction of sp³-hybridized carbons (Fsp3) is 0.333. The van der Waals surface area contributed by atoms with Crippen LogP contribution in [0.1, 0.15) is 11.1 Å². The number of carbonyl (C=O) groups is 1. The second-order valence-corrected chi connectivity index (χ2v) is 4.16. The van der Waals surface area contributed by atoms with Crippen molar-refractivity contribution in [1.82, 2.24) is 4.98 Å². The zero-order chi connectivity index (χ0) is 13.9. The molecule has 18 heavy (non-hydrogen) atoms. The largest absolute Gasteiger partial charge is 0.574 e. The molecule has 0 saturated heterocycles. The second-order valence-electron chi connectivity index (χ2n) is 3.14. The summed E-state index contributed by atoms with van der Waals surface area (Å²) in [7, 11) is 0. The van der Waals surface area contributed by atoms with Gasteiger partial charge in [0.2, 0.25) is 5.88 Å². The van der Waals surface area contributed by atoms with E-state index in [1.807, 2.05) is 0 Å². The molecule has 0 aliphatic carbocycles. The highest BCUT2D eigenvalue weighted by Crippen LogP contribution is 2.26. The molecule has 0 aliphatic rings. The monoisotopic (exact) mass is 379 g/mol. The van der Waals surface area contributed by atoms with Gasteiger partial charge in [0.1, 0.15) is 10.4 Å². The third-order valence-electron chi connectivity index (χ3n) is 1.84. The molecular formula is C9H6F4INO3. The van der Waals surface area contributed by atoms with Gasteiger partial charge in [0.15, 0.2) is 0 Å². The molecule has 1 N–H and O–H groups in total. The predicted molar refractivity (Wildman–Crippen MR) is 59.8 cm³/mol. The Kier molecular flexibility index (Phi) is 4.71. The molecule has 0 amide bonds. The Balaban J connectivity index is 3.17. The minimum Gasteiger partial charge on any atom is -0.481 e. The summed E-state index contributed by atoms with van der Waals surface area (Å²) in [6.07, 6.45) is -5.54. The Morgan fingerprint density at radius 1 is 1.50 bits per heavy atom. The normalized spacial score (nSPS) is 11.4. The van der Waals surface area contributed by atoms with Crippen LogP contribution in [0.15, 0.2) is 6.07 Å². The number of nitrogens with zero attached hydrogens (tertiary/aromatic N) is 1. The number of ether oxygens (including phenoxy) is 1. The first kappa shape index (κ1) is 14.9. The van der Waals surface area contributed by atoms with Crippen molar-refractivity contribution in [3.8, 4) is 5.88 Å². The topological polar surface area (TPSA) is 59.4 Å². The number of pyridine rings is 1. The third-order valence-corrected chi connectivity index (χ3v) is 2.73. The smallest absolute Gasteiger partial charge is 0.481 e. The molecule has 1 aromatic heterocycles. The lowest BCUT2D eigenvalue weighted by atomic mass is 10.1. The van der Waals surface area contributed by atoms with Gasteiger partial charge in [0.05, 0.1) is 6.42 Å². The van der Waals surface area contributed by atoms with E-state index in [1.165, 1.54) is 22.6 Å². The second kappa shape index (κ2) is 5.67. The molecule has 0 atom stereocenters. The zero-order valence-corrected chi connectivity index (χ0v) is 10.7. The summed E-state index contributed by atoms with van der Waals surface area (Å²) >= 11 is 1.52. The lowest BCUT2D eigenvalue weighted by molar-refractivity contribution is -0.276. The summed E-state index contributed by atoms with van der Waals surface area (Å²) in [5, 5.41) is 8.59. The number of carboxylic acids is 1. The highest BCUT2D eigenvalue weighted by molar-refractivity contribution is 14.1. The van der Waals surface area contributed by atoms with Crippen LogP contribution < -0.4 is 4.74 Å². The van der Waals surface area contributed by atoms with Gasteiger partial charge in [-0.2, -0.15) is 0 Å². The number of carboxylic acid groups (broad SMARTS) is 1. The standard InChI is InChI=1S/C9H6F4INO3/c10-3-5-4(2-7(16)17)1-6(15-8(5)14)18-9(11,12)13/h1H,2-3H2,(H,16,17). The van der Waals surface area contributed by atoms with E-state index in [9.17, 15) is 22.4 Å². The van der Waals surface area contributed by atoms with Crippen LogP contribution in [0, 0.1) is 3.70 Å². The van der Waals surface area contributed by atoms with Crippen LogP contribution in [-0.2, 0) is 17.9 Å². The van der Waals surface area contributed by atoms with E-state index in [2.05, 4.69) is 9.72 Å². The Morgan fingerprint density at radius 2 is 2.11 bits per heavy atom. The van der Waals surface area contributed by atoms with Crippen molar-refractivity contribution in [3.05, 3.63) is 20.9 Å². The van der Waals surface area contributed by atoms with Crippen molar-refractivity contribution in [2.24, 2.45) is 0 Å². The molecule has 100 valence electrons. The van der Waals surface area contributed by atoms with Crippen molar-refractivity contribution >= 4 is 28.6 Å². The Labute approximate surface area is 112 Å². The lowest BCUT2D eigenvalue weighted by Crippen LogP contribution is -2.19. The van der Waals surface area contributed by atoms with Crippen LogP contribution in [-0.4, -0.2) is 22.4 Å². The number of rotatable bonds is 4. The van der Waals surface area contributed by atoms with Crippen LogP contribution in [0.4, 0.5) is 17.6 Å². The highest BCUT2D eigenvalue weighted by Gasteiger charge is 2.32. The molecule has 0 aromatic carbocycles. The molecule has 0 radical (unpaired) electrons. The number of hydrogen-bond acceptors (Lipinski definition) is 3. The number of hydrogen-bond donors (Lipinski definition) is 1.